The molecule has 0 aliphatic carbocycles. The van der Waals surface area contributed by atoms with Gasteiger partial charge in [0.15, 0.2) is 5.78 Å². The third-order valence-electron chi connectivity index (χ3n) is 3.10. The van der Waals surface area contributed by atoms with Crippen LogP contribution in [0.1, 0.15) is 30.1 Å². The molecular formula is C13H18N2O2. The Morgan fingerprint density at radius 1 is 1.41 bits per heavy atom. The minimum Gasteiger partial charge on any atom is -0.474 e. The molecule has 1 fully saturated rings. The Morgan fingerprint density at radius 3 is 2.65 bits per heavy atom. The maximum Gasteiger partial charge on any atom is 0.213 e. The summed E-state index contributed by atoms with van der Waals surface area (Å²) in [5, 5.41) is 0. The van der Waals surface area contributed by atoms with E-state index in [0.717, 1.165) is 25.9 Å². The topological polar surface area (TPSA) is 42.4 Å². The molecule has 4 nitrogen and oxygen atoms in total. The molecule has 0 saturated carbocycles. The predicted octanol–water partition coefficient (Wildman–Crippen LogP) is 1.76. The first-order valence-electron chi connectivity index (χ1n) is 5.97. The monoisotopic (exact) mass is 234 g/mol. The molecule has 0 atom stereocenters. The highest BCUT2D eigenvalue weighted by molar-refractivity contribution is 5.93. The first-order valence-corrected chi connectivity index (χ1v) is 5.97. The Morgan fingerprint density at radius 2 is 2.12 bits per heavy atom. The summed E-state index contributed by atoms with van der Waals surface area (Å²) in [5.74, 6) is 0.646. The number of carbonyl (C=O) groups is 1. The molecule has 0 spiro atoms. The zero-order valence-corrected chi connectivity index (χ0v) is 10.3. The lowest BCUT2D eigenvalue weighted by molar-refractivity contribution is 0.101. The van der Waals surface area contributed by atoms with Gasteiger partial charge in [-0.15, -0.1) is 0 Å². The lowest BCUT2D eigenvalue weighted by Gasteiger charge is -2.28. The van der Waals surface area contributed by atoms with Gasteiger partial charge in [0.25, 0.3) is 0 Å². The first-order chi connectivity index (χ1) is 8.15. The van der Waals surface area contributed by atoms with Gasteiger partial charge in [-0.1, -0.05) is 0 Å². The lowest BCUT2D eigenvalue weighted by atomic mass is 10.1. The van der Waals surface area contributed by atoms with Crippen molar-refractivity contribution in [1.82, 2.24) is 9.88 Å². The largest absolute Gasteiger partial charge is 0.474 e. The number of pyridine rings is 1. The number of rotatable bonds is 3. The molecule has 0 bridgehead atoms. The molecule has 2 heterocycles. The van der Waals surface area contributed by atoms with Crippen LogP contribution in [0.5, 0.6) is 5.88 Å². The zero-order chi connectivity index (χ0) is 12.3. The second kappa shape index (κ2) is 5.27. The summed E-state index contributed by atoms with van der Waals surface area (Å²) in [6.07, 6.45) is 3.90. The Bertz CT molecular complexity index is 381. The number of aromatic nitrogens is 1. The number of hydrogen-bond acceptors (Lipinski definition) is 4. The number of likely N-dealkylation sites (tertiary alicyclic amines) is 1. The van der Waals surface area contributed by atoms with E-state index < -0.39 is 0 Å². The third-order valence-corrected chi connectivity index (χ3v) is 3.10. The van der Waals surface area contributed by atoms with Crippen LogP contribution in [0.15, 0.2) is 18.3 Å². The molecule has 0 aromatic carbocycles. The van der Waals surface area contributed by atoms with Gasteiger partial charge in [-0.25, -0.2) is 4.98 Å². The second-order valence-corrected chi connectivity index (χ2v) is 4.56. The van der Waals surface area contributed by atoms with Crippen LogP contribution in [-0.4, -0.2) is 41.9 Å². The van der Waals surface area contributed by atoms with E-state index in [4.69, 9.17) is 4.74 Å². The minimum atomic E-state index is 0.0309. The summed E-state index contributed by atoms with van der Waals surface area (Å²) < 4.78 is 5.79. The van der Waals surface area contributed by atoms with Gasteiger partial charge >= 0.3 is 0 Å². The van der Waals surface area contributed by atoms with Gasteiger partial charge in [-0.05, 0) is 32.9 Å². The van der Waals surface area contributed by atoms with Crippen molar-refractivity contribution < 1.29 is 9.53 Å². The van der Waals surface area contributed by atoms with E-state index in [1.807, 2.05) is 0 Å². The quantitative estimate of drug-likeness (QED) is 0.747. The van der Waals surface area contributed by atoms with Gasteiger partial charge in [0.1, 0.15) is 6.10 Å². The van der Waals surface area contributed by atoms with Crippen LogP contribution >= 0.6 is 0 Å². The fourth-order valence-corrected chi connectivity index (χ4v) is 1.93. The van der Waals surface area contributed by atoms with E-state index in [9.17, 15) is 4.79 Å². The van der Waals surface area contributed by atoms with E-state index in [-0.39, 0.29) is 11.9 Å². The molecule has 1 aromatic rings. The summed E-state index contributed by atoms with van der Waals surface area (Å²) in [6, 6.07) is 3.54. The van der Waals surface area contributed by atoms with Gasteiger partial charge < -0.3 is 9.64 Å². The van der Waals surface area contributed by atoms with Gasteiger partial charge in [0, 0.05) is 30.9 Å². The molecule has 0 amide bonds. The average Bonchev–Trinajstić information content (AvgIpc) is 2.33. The molecule has 1 aliphatic heterocycles. The molecule has 1 saturated heterocycles. The standard InChI is InChI=1S/C13H18N2O2/c1-10(16)11-3-4-13(14-9-11)17-12-5-7-15(2)8-6-12/h3-4,9,12H,5-8H2,1-2H3. The maximum absolute atomic E-state index is 11.1. The number of hydrogen-bond donors (Lipinski definition) is 0. The number of nitrogens with zero attached hydrogens (tertiary/aromatic N) is 2. The summed E-state index contributed by atoms with van der Waals surface area (Å²) in [6.45, 7) is 3.67. The van der Waals surface area contributed by atoms with Crippen molar-refractivity contribution in [1.29, 1.82) is 0 Å². The number of ketones is 1. The van der Waals surface area contributed by atoms with Gasteiger partial charge in [0.05, 0.1) is 0 Å². The Balaban J connectivity index is 1.92. The molecule has 17 heavy (non-hydrogen) atoms. The predicted molar refractivity (Wildman–Crippen MR) is 65.4 cm³/mol. The van der Waals surface area contributed by atoms with Crippen LogP contribution in [0.2, 0.25) is 0 Å². The molecule has 1 aliphatic rings. The van der Waals surface area contributed by atoms with E-state index in [1.54, 1.807) is 18.3 Å². The highest BCUT2D eigenvalue weighted by atomic mass is 16.5. The van der Waals surface area contributed by atoms with Crippen LogP contribution in [0, 0.1) is 0 Å². The van der Waals surface area contributed by atoms with Crippen molar-refractivity contribution in [2.45, 2.75) is 25.9 Å². The smallest absolute Gasteiger partial charge is 0.213 e. The van der Waals surface area contributed by atoms with Crippen LogP contribution in [0.4, 0.5) is 0 Å². The average molecular weight is 234 g/mol. The Kier molecular flexibility index (Phi) is 3.74. The van der Waals surface area contributed by atoms with E-state index in [2.05, 4.69) is 16.9 Å². The summed E-state index contributed by atoms with van der Waals surface area (Å²) in [4.78, 5) is 17.6. The van der Waals surface area contributed by atoms with Crippen molar-refractivity contribution in [3.05, 3.63) is 23.9 Å². The number of ether oxygens (including phenoxy) is 1. The molecule has 4 heteroatoms. The first kappa shape index (κ1) is 12.0. The van der Waals surface area contributed by atoms with E-state index >= 15 is 0 Å². The Hall–Kier alpha value is -1.42. The molecule has 2 rings (SSSR count). The normalized spacial score (nSPS) is 18.0. The van der Waals surface area contributed by atoms with Gasteiger partial charge in [-0.2, -0.15) is 0 Å². The van der Waals surface area contributed by atoms with E-state index in [1.165, 1.54) is 6.92 Å². The Labute approximate surface area is 102 Å². The van der Waals surface area contributed by atoms with Crippen LogP contribution in [-0.2, 0) is 0 Å². The number of piperidine rings is 1. The van der Waals surface area contributed by atoms with E-state index in [0.29, 0.717) is 11.4 Å². The summed E-state index contributed by atoms with van der Waals surface area (Å²) >= 11 is 0. The minimum absolute atomic E-state index is 0.0309. The van der Waals surface area contributed by atoms with Crippen molar-refractivity contribution >= 4 is 5.78 Å². The molecular weight excluding hydrogens is 216 g/mol. The van der Waals surface area contributed by atoms with Crippen LogP contribution < -0.4 is 4.74 Å². The van der Waals surface area contributed by atoms with Crippen molar-refractivity contribution in [2.24, 2.45) is 0 Å². The van der Waals surface area contributed by atoms with Crippen LogP contribution in [0.25, 0.3) is 0 Å². The fraction of sp³-hybridized carbons (Fsp3) is 0.538. The second-order valence-electron chi connectivity index (χ2n) is 4.56. The van der Waals surface area contributed by atoms with Crippen molar-refractivity contribution in [2.75, 3.05) is 20.1 Å². The van der Waals surface area contributed by atoms with Crippen molar-refractivity contribution in [3.63, 3.8) is 0 Å². The van der Waals surface area contributed by atoms with Gasteiger partial charge in [-0.3, -0.25) is 4.79 Å². The molecule has 92 valence electrons. The lowest BCUT2D eigenvalue weighted by Crippen LogP contribution is -2.35. The maximum atomic E-state index is 11.1. The van der Waals surface area contributed by atoms with Crippen molar-refractivity contribution in [3.8, 4) is 5.88 Å². The highest BCUT2D eigenvalue weighted by Crippen LogP contribution is 2.16. The van der Waals surface area contributed by atoms with Crippen LogP contribution in [0.3, 0.4) is 0 Å². The molecule has 0 radical (unpaired) electrons. The zero-order valence-electron chi connectivity index (χ0n) is 10.3. The van der Waals surface area contributed by atoms with Gasteiger partial charge in [0.2, 0.25) is 5.88 Å². The highest BCUT2D eigenvalue weighted by Gasteiger charge is 2.18. The summed E-state index contributed by atoms with van der Waals surface area (Å²) in [7, 11) is 2.12. The third kappa shape index (κ3) is 3.27. The molecule has 0 N–H and O–H groups in total. The molecule has 0 unspecified atom stereocenters. The number of Topliss-reactive ketones (excluding diaryl/α,β-unsaturated/α-hetero) is 1. The SMILES string of the molecule is CC(=O)c1ccc(OC2CCN(C)CC2)nc1. The number of carbonyl (C=O) groups excluding carboxylic acids is 1. The molecule has 1 aromatic heterocycles. The fourth-order valence-electron chi connectivity index (χ4n) is 1.93. The summed E-state index contributed by atoms with van der Waals surface area (Å²) in [5.41, 5.74) is 0.626.